The van der Waals surface area contributed by atoms with Crippen molar-refractivity contribution in [1.82, 2.24) is 9.21 Å². The van der Waals surface area contributed by atoms with Gasteiger partial charge >= 0.3 is 6.18 Å². The Morgan fingerprint density at radius 2 is 1.64 bits per heavy atom. The zero-order valence-electron chi connectivity index (χ0n) is 19.8. The molecule has 0 aromatic heterocycles. The van der Waals surface area contributed by atoms with Gasteiger partial charge in [0.2, 0.25) is 21.8 Å². The highest BCUT2D eigenvalue weighted by atomic mass is 32.2. The van der Waals surface area contributed by atoms with Crippen molar-refractivity contribution in [3.8, 4) is 0 Å². The van der Waals surface area contributed by atoms with Gasteiger partial charge < -0.3 is 10.2 Å². The summed E-state index contributed by atoms with van der Waals surface area (Å²) < 4.78 is 66.2. The lowest BCUT2D eigenvalue weighted by atomic mass is 9.96. The van der Waals surface area contributed by atoms with Gasteiger partial charge in [0.05, 0.1) is 10.5 Å². The molecule has 0 radical (unpaired) electrons. The first kappa shape index (κ1) is 26.2. The zero-order valence-corrected chi connectivity index (χ0v) is 20.6. The molecule has 7 nitrogen and oxygen atoms in total. The number of sulfonamides is 1. The number of alkyl halides is 3. The number of nitrogens with zero attached hydrogens (tertiary/aromatic N) is 2. The number of hydrogen-bond acceptors (Lipinski definition) is 4. The fourth-order valence-electron chi connectivity index (χ4n) is 4.74. The van der Waals surface area contributed by atoms with Crippen molar-refractivity contribution in [2.75, 3.05) is 25.0 Å². The highest BCUT2D eigenvalue weighted by Crippen LogP contribution is 2.32. The van der Waals surface area contributed by atoms with Crippen LogP contribution in [0.25, 0.3) is 0 Å². The second-order valence-corrected chi connectivity index (χ2v) is 11.2. The number of halogens is 3. The first-order valence-electron chi connectivity index (χ1n) is 11.8. The van der Waals surface area contributed by atoms with Crippen LogP contribution in [0.1, 0.15) is 36.8 Å². The Kier molecular flexibility index (Phi) is 7.42. The van der Waals surface area contributed by atoms with E-state index in [1.165, 1.54) is 21.3 Å². The third kappa shape index (κ3) is 5.57. The van der Waals surface area contributed by atoms with Crippen LogP contribution in [0.2, 0.25) is 0 Å². The zero-order chi connectivity index (χ0) is 26.1. The van der Waals surface area contributed by atoms with E-state index < -0.39 is 39.6 Å². The predicted octanol–water partition coefficient (Wildman–Crippen LogP) is 4.04. The number of amides is 2. The second kappa shape index (κ2) is 10.2. The molecule has 36 heavy (non-hydrogen) atoms. The van der Waals surface area contributed by atoms with Gasteiger partial charge in [-0.15, -0.1) is 0 Å². The average Bonchev–Trinajstić information content (AvgIpc) is 3.34. The molecular formula is C25H28F3N3O4S. The van der Waals surface area contributed by atoms with E-state index in [2.05, 4.69) is 5.32 Å². The maximum Gasteiger partial charge on any atom is 0.416 e. The third-order valence-electron chi connectivity index (χ3n) is 6.76. The fourth-order valence-corrected chi connectivity index (χ4v) is 6.21. The molecule has 194 valence electrons. The minimum Gasteiger partial charge on any atom is -0.330 e. The molecule has 1 atom stereocenters. The van der Waals surface area contributed by atoms with E-state index >= 15 is 0 Å². The van der Waals surface area contributed by atoms with Crippen LogP contribution in [0.5, 0.6) is 0 Å². The van der Waals surface area contributed by atoms with E-state index in [4.69, 9.17) is 0 Å². The molecule has 2 aliphatic heterocycles. The van der Waals surface area contributed by atoms with Crippen LogP contribution >= 0.6 is 0 Å². The first-order chi connectivity index (χ1) is 17.0. The monoisotopic (exact) mass is 523 g/mol. The van der Waals surface area contributed by atoms with Crippen molar-refractivity contribution in [3.63, 3.8) is 0 Å². The summed E-state index contributed by atoms with van der Waals surface area (Å²) in [7, 11) is -3.66. The molecule has 1 N–H and O–H groups in total. The van der Waals surface area contributed by atoms with Gasteiger partial charge in [-0.2, -0.15) is 17.5 Å². The molecule has 2 heterocycles. The van der Waals surface area contributed by atoms with Crippen LogP contribution in [-0.2, 0) is 25.8 Å². The van der Waals surface area contributed by atoms with Gasteiger partial charge in [-0.3, -0.25) is 9.59 Å². The first-order valence-corrected chi connectivity index (χ1v) is 13.3. The lowest BCUT2D eigenvalue weighted by molar-refractivity contribution is -0.141. The summed E-state index contributed by atoms with van der Waals surface area (Å²) in [6, 6.07) is 10.2. The number of anilines is 1. The molecule has 0 spiro atoms. The second-order valence-electron chi connectivity index (χ2n) is 9.25. The molecule has 2 fully saturated rings. The van der Waals surface area contributed by atoms with Crippen LogP contribution in [-0.4, -0.2) is 55.1 Å². The van der Waals surface area contributed by atoms with Gasteiger partial charge in [-0.05, 0) is 62.9 Å². The normalized spacial score (nSPS) is 19.9. The molecular weight excluding hydrogens is 495 g/mol. The van der Waals surface area contributed by atoms with Gasteiger partial charge in [0.25, 0.3) is 0 Å². The molecule has 2 aromatic rings. The Hall–Kier alpha value is -2.92. The van der Waals surface area contributed by atoms with Crippen LogP contribution in [0.3, 0.4) is 0 Å². The predicted molar refractivity (Wildman–Crippen MR) is 127 cm³/mol. The Morgan fingerprint density at radius 1 is 0.972 bits per heavy atom. The third-order valence-corrected chi connectivity index (χ3v) is 8.67. The molecule has 2 saturated heterocycles. The number of likely N-dealkylation sites (tertiary alicyclic amines) is 1. The van der Waals surface area contributed by atoms with Crippen LogP contribution in [0.15, 0.2) is 53.4 Å². The van der Waals surface area contributed by atoms with Crippen molar-refractivity contribution in [3.05, 3.63) is 59.7 Å². The van der Waals surface area contributed by atoms with Crippen molar-refractivity contribution in [2.45, 2.75) is 49.7 Å². The standard InChI is InChI=1S/C25H28F3N3O4S/c1-17-7-9-21(10-8-17)36(34,35)30-14-11-18(12-15-30)24(33)31-13-3-6-22(31)23(32)29-20-5-2-4-19(16-20)25(26,27)28/h2,4-5,7-10,16,18,22H,3,6,11-15H2,1H3,(H,29,32). The van der Waals surface area contributed by atoms with Gasteiger partial charge in [-0.1, -0.05) is 23.8 Å². The largest absolute Gasteiger partial charge is 0.416 e. The summed E-state index contributed by atoms with van der Waals surface area (Å²) in [5.74, 6) is -1.17. The van der Waals surface area contributed by atoms with E-state index in [1.54, 1.807) is 24.3 Å². The van der Waals surface area contributed by atoms with E-state index in [-0.39, 0.29) is 29.6 Å². The van der Waals surface area contributed by atoms with Crippen molar-refractivity contribution < 1.29 is 31.2 Å². The summed E-state index contributed by atoms with van der Waals surface area (Å²) in [4.78, 5) is 27.8. The number of rotatable bonds is 5. The molecule has 2 aliphatic rings. The number of carbonyl (C=O) groups excluding carboxylic acids is 2. The van der Waals surface area contributed by atoms with Gasteiger partial charge in [-0.25, -0.2) is 8.42 Å². The maximum absolute atomic E-state index is 13.2. The summed E-state index contributed by atoms with van der Waals surface area (Å²) in [5.41, 5.74) is 0.103. The SMILES string of the molecule is Cc1ccc(S(=O)(=O)N2CCC(C(=O)N3CCCC3C(=O)Nc3cccc(C(F)(F)F)c3)CC2)cc1. The number of nitrogens with one attached hydrogen (secondary N) is 1. The van der Waals surface area contributed by atoms with Crippen molar-refractivity contribution >= 4 is 27.5 Å². The summed E-state index contributed by atoms with van der Waals surface area (Å²) in [5, 5.41) is 2.51. The van der Waals surface area contributed by atoms with Gasteiger partial charge in [0.15, 0.2) is 0 Å². The van der Waals surface area contributed by atoms with Crippen LogP contribution in [0.4, 0.5) is 18.9 Å². The lowest BCUT2D eigenvalue weighted by Gasteiger charge is -2.34. The minimum absolute atomic E-state index is 0.0174. The molecule has 1 unspecified atom stereocenters. The van der Waals surface area contributed by atoms with E-state index in [0.29, 0.717) is 32.2 Å². The van der Waals surface area contributed by atoms with Gasteiger partial charge in [0, 0.05) is 31.2 Å². The summed E-state index contributed by atoms with van der Waals surface area (Å²) >= 11 is 0. The van der Waals surface area contributed by atoms with E-state index in [1.807, 2.05) is 6.92 Å². The summed E-state index contributed by atoms with van der Waals surface area (Å²) in [6.45, 7) is 2.64. The smallest absolute Gasteiger partial charge is 0.330 e. The number of benzene rings is 2. The number of aryl methyl sites for hydroxylation is 1. The fraction of sp³-hybridized carbons (Fsp3) is 0.440. The molecule has 2 aromatic carbocycles. The maximum atomic E-state index is 13.2. The Morgan fingerprint density at radius 3 is 2.28 bits per heavy atom. The van der Waals surface area contributed by atoms with Crippen LogP contribution < -0.4 is 5.32 Å². The van der Waals surface area contributed by atoms with Crippen LogP contribution in [0, 0.1) is 12.8 Å². The highest BCUT2D eigenvalue weighted by molar-refractivity contribution is 7.89. The Balaban J connectivity index is 1.38. The Bertz CT molecular complexity index is 1220. The molecule has 0 aliphatic carbocycles. The summed E-state index contributed by atoms with van der Waals surface area (Å²) in [6.07, 6.45) is -2.84. The minimum atomic E-state index is -4.53. The number of hydrogen-bond donors (Lipinski definition) is 1. The Labute approximate surface area is 208 Å². The highest BCUT2D eigenvalue weighted by Gasteiger charge is 2.40. The molecule has 0 bridgehead atoms. The molecule has 2 amide bonds. The topological polar surface area (TPSA) is 86.8 Å². The number of carbonyl (C=O) groups is 2. The van der Waals surface area contributed by atoms with Crippen molar-refractivity contribution in [2.24, 2.45) is 5.92 Å². The quantitative estimate of drug-likeness (QED) is 0.641. The van der Waals surface area contributed by atoms with Gasteiger partial charge in [0.1, 0.15) is 6.04 Å². The van der Waals surface area contributed by atoms with E-state index in [0.717, 1.165) is 17.7 Å². The average molecular weight is 524 g/mol. The molecule has 0 saturated carbocycles. The molecule has 11 heteroatoms. The number of piperidine rings is 1. The molecule has 4 rings (SSSR count). The van der Waals surface area contributed by atoms with E-state index in [9.17, 15) is 31.2 Å². The van der Waals surface area contributed by atoms with Crippen molar-refractivity contribution in [1.29, 1.82) is 0 Å². The lowest BCUT2D eigenvalue weighted by Crippen LogP contribution is -2.48.